The Labute approximate surface area is 288 Å². The highest BCUT2D eigenvalue weighted by atomic mass is 32.1. The zero-order valence-corrected chi connectivity index (χ0v) is 27.4. The monoisotopic (exact) mass is 642 g/mol. The molecule has 0 saturated heterocycles. The SMILES string of the molecule is c1ccc(-c2ccc(N(c3ccc(-n4c5ccccc5c5ccccc54)cc3)c3ccc4ccc5c6ccccc6sc5c4c3)cc2)cc1. The first-order valence-electron chi connectivity index (χ1n) is 16.7. The third kappa shape index (κ3) is 4.55. The standard InChI is InChI=1S/C46H30N2S/c1-2-10-31(11-3-1)32-18-22-34(23-19-32)47(37-24-20-33-21-29-41-40-14-6-9-17-45(40)49-46(41)42(33)30-37)35-25-27-36(28-26-35)48-43-15-7-4-12-38(43)39-13-5-8-16-44(39)48/h1-30H. The van der Waals surface area contributed by atoms with E-state index in [4.69, 9.17) is 0 Å². The van der Waals surface area contributed by atoms with Crippen LogP contribution in [0.2, 0.25) is 0 Å². The summed E-state index contributed by atoms with van der Waals surface area (Å²) in [5.41, 5.74) is 9.36. The number of anilines is 3. The predicted octanol–water partition coefficient (Wildman–Crippen LogP) is 13.4. The fraction of sp³-hybridized carbons (Fsp3) is 0. The van der Waals surface area contributed by atoms with Crippen LogP contribution in [-0.4, -0.2) is 4.57 Å². The molecule has 49 heavy (non-hydrogen) atoms. The number of nitrogens with zero attached hydrogens (tertiary/aromatic N) is 2. The molecule has 0 unspecified atom stereocenters. The smallest absolute Gasteiger partial charge is 0.0541 e. The van der Waals surface area contributed by atoms with Crippen LogP contribution < -0.4 is 4.90 Å². The van der Waals surface area contributed by atoms with E-state index in [2.05, 4.69) is 191 Å². The van der Waals surface area contributed by atoms with Gasteiger partial charge in [-0.25, -0.2) is 0 Å². The van der Waals surface area contributed by atoms with Gasteiger partial charge < -0.3 is 9.47 Å². The molecule has 0 aliphatic carbocycles. The molecule has 10 aromatic rings. The maximum atomic E-state index is 2.38. The molecule has 0 saturated carbocycles. The minimum absolute atomic E-state index is 1.11. The highest BCUT2D eigenvalue weighted by molar-refractivity contribution is 7.26. The maximum absolute atomic E-state index is 2.38. The summed E-state index contributed by atoms with van der Waals surface area (Å²) in [6.07, 6.45) is 0. The van der Waals surface area contributed by atoms with Crippen molar-refractivity contribution in [3.05, 3.63) is 182 Å². The number of fused-ring (bicyclic) bond motifs is 8. The van der Waals surface area contributed by atoms with E-state index < -0.39 is 0 Å². The third-order valence-corrected chi connectivity index (χ3v) is 11.0. The Balaban J connectivity index is 1.14. The molecule has 3 heteroatoms. The van der Waals surface area contributed by atoms with Gasteiger partial charge in [0.1, 0.15) is 0 Å². The largest absolute Gasteiger partial charge is 0.310 e. The highest BCUT2D eigenvalue weighted by Gasteiger charge is 2.17. The molecule has 10 rings (SSSR count). The molecule has 0 bridgehead atoms. The van der Waals surface area contributed by atoms with Crippen molar-refractivity contribution in [3.63, 3.8) is 0 Å². The summed E-state index contributed by atoms with van der Waals surface area (Å²) < 4.78 is 5.04. The Morgan fingerprint density at radius 3 is 1.65 bits per heavy atom. The van der Waals surface area contributed by atoms with Crippen molar-refractivity contribution >= 4 is 81.1 Å². The molecule has 0 amide bonds. The predicted molar refractivity (Wildman–Crippen MR) is 211 cm³/mol. The van der Waals surface area contributed by atoms with Crippen LogP contribution in [-0.2, 0) is 0 Å². The molecule has 0 spiro atoms. The second-order valence-electron chi connectivity index (χ2n) is 12.6. The average Bonchev–Trinajstić information content (AvgIpc) is 3.72. The zero-order valence-electron chi connectivity index (χ0n) is 26.6. The first-order chi connectivity index (χ1) is 24.3. The summed E-state index contributed by atoms with van der Waals surface area (Å²) in [6.45, 7) is 0. The van der Waals surface area contributed by atoms with Gasteiger partial charge in [0.05, 0.1) is 11.0 Å². The Bertz CT molecular complexity index is 2750. The fourth-order valence-corrected chi connectivity index (χ4v) is 8.69. The lowest BCUT2D eigenvalue weighted by Gasteiger charge is -2.26. The summed E-state index contributed by atoms with van der Waals surface area (Å²) in [6, 6.07) is 66.1. The minimum atomic E-state index is 1.11. The van der Waals surface area contributed by atoms with Crippen molar-refractivity contribution in [1.29, 1.82) is 0 Å². The quantitative estimate of drug-likeness (QED) is 0.181. The number of hydrogen-bond donors (Lipinski definition) is 0. The van der Waals surface area contributed by atoms with E-state index in [9.17, 15) is 0 Å². The van der Waals surface area contributed by atoms with Crippen LogP contribution in [0, 0.1) is 0 Å². The lowest BCUT2D eigenvalue weighted by molar-refractivity contribution is 1.17. The summed E-state index contributed by atoms with van der Waals surface area (Å²) >= 11 is 1.88. The van der Waals surface area contributed by atoms with Crippen LogP contribution >= 0.6 is 11.3 Å². The lowest BCUT2D eigenvalue weighted by atomic mass is 10.0. The van der Waals surface area contributed by atoms with Crippen molar-refractivity contribution in [1.82, 2.24) is 4.57 Å². The maximum Gasteiger partial charge on any atom is 0.0541 e. The van der Waals surface area contributed by atoms with Crippen molar-refractivity contribution in [2.45, 2.75) is 0 Å². The van der Waals surface area contributed by atoms with Crippen molar-refractivity contribution in [3.8, 4) is 16.8 Å². The van der Waals surface area contributed by atoms with Crippen LogP contribution in [0.25, 0.3) is 69.6 Å². The molecule has 2 aromatic heterocycles. The highest BCUT2D eigenvalue weighted by Crippen LogP contribution is 2.42. The first-order valence-corrected chi connectivity index (χ1v) is 17.5. The van der Waals surface area contributed by atoms with Crippen molar-refractivity contribution < 1.29 is 0 Å². The summed E-state index contributed by atoms with van der Waals surface area (Å²) in [4.78, 5) is 2.38. The van der Waals surface area contributed by atoms with E-state index in [1.165, 1.54) is 63.9 Å². The van der Waals surface area contributed by atoms with Gasteiger partial charge in [-0.05, 0) is 83.2 Å². The number of thiophene rings is 1. The van der Waals surface area contributed by atoms with Gasteiger partial charge in [-0.2, -0.15) is 0 Å². The number of rotatable bonds is 5. The van der Waals surface area contributed by atoms with Gasteiger partial charge in [0.25, 0.3) is 0 Å². The summed E-state index contributed by atoms with van der Waals surface area (Å²) in [7, 11) is 0. The van der Waals surface area contributed by atoms with Crippen LogP contribution in [0.5, 0.6) is 0 Å². The van der Waals surface area contributed by atoms with Crippen LogP contribution in [0.4, 0.5) is 17.1 Å². The Morgan fingerprint density at radius 2 is 0.939 bits per heavy atom. The lowest BCUT2D eigenvalue weighted by Crippen LogP contribution is -2.10. The van der Waals surface area contributed by atoms with Gasteiger partial charge >= 0.3 is 0 Å². The Hall–Kier alpha value is -6.16. The normalized spacial score (nSPS) is 11.7. The number of hydrogen-bond acceptors (Lipinski definition) is 2. The number of benzene rings is 8. The van der Waals surface area contributed by atoms with Gasteiger partial charge in [0.2, 0.25) is 0 Å². The van der Waals surface area contributed by atoms with Gasteiger partial charge in [0.15, 0.2) is 0 Å². The second-order valence-corrected chi connectivity index (χ2v) is 13.6. The van der Waals surface area contributed by atoms with Crippen LogP contribution in [0.1, 0.15) is 0 Å². The van der Waals surface area contributed by atoms with E-state index in [0.29, 0.717) is 0 Å². The van der Waals surface area contributed by atoms with E-state index in [1.54, 1.807) is 0 Å². The number of aromatic nitrogens is 1. The Morgan fingerprint density at radius 1 is 0.388 bits per heavy atom. The second kappa shape index (κ2) is 11.2. The van der Waals surface area contributed by atoms with E-state index in [1.807, 2.05) is 11.3 Å². The average molecular weight is 643 g/mol. The van der Waals surface area contributed by atoms with Gasteiger partial charge in [0, 0.05) is 59.1 Å². The van der Waals surface area contributed by atoms with Gasteiger partial charge in [-0.1, -0.05) is 115 Å². The van der Waals surface area contributed by atoms with E-state index >= 15 is 0 Å². The van der Waals surface area contributed by atoms with Crippen LogP contribution in [0.15, 0.2) is 182 Å². The minimum Gasteiger partial charge on any atom is -0.310 e. The zero-order chi connectivity index (χ0) is 32.3. The van der Waals surface area contributed by atoms with E-state index in [0.717, 1.165) is 22.7 Å². The Kier molecular flexibility index (Phi) is 6.39. The molecule has 2 heterocycles. The molecule has 0 fully saturated rings. The van der Waals surface area contributed by atoms with E-state index in [-0.39, 0.29) is 0 Å². The molecule has 8 aromatic carbocycles. The van der Waals surface area contributed by atoms with Gasteiger partial charge in [-0.3, -0.25) is 0 Å². The van der Waals surface area contributed by atoms with Crippen molar-refractivity contribution in [2.24, 2.45) is 0 Å². The molecule has 0 N–H and O–H groups in total. The molecule has 0 aliphatic heterocycles. The molecule has 230 valence electrons. The fourth-order valence-electron chi connectivity index (χ4n) is 7.46. The third-order valence-electron chi connectivity index (χ3n) is 9.78. The summed E-state index contributed by atoms with van der Waals surface area (Å²) in [5.74, 6) is 0. The molecule has 0 atom stereocenters. The molecule has 2 nitrogen and oxygen atoms in total. The van der Waals surface area contributed by atoms with Crippen molar-refractivity contribution in [2.75, 3.05) is 4.90 Å². The molecular weight excluding hydrogens is 613 g/mol. The topological polar surface area (TPSA) is 8.17 Å². The van der Waals surface area contributed by atoms with Gasteiger partial charge in [-0.15, -0.1) is 11.3 Å². The molecule has 0 radical (unpaired) electrons. The van der Waals surface area contributed by atoms with Crippen LogP contribution in [0.3, 0.4) is 0 Å². The first kappa shape index (κ1) is 27.9. The summed E-state index contributed by atoms with van der Waals surface area (Å²) in [5, 5.41) is 7.72. The number of para-hydroxylation sites is 2. The molecular formula is C46H30N2S. The molecule has 0 aliphatic rings.